The molecule has 1 heteroatoms. The molecule has 1 radical (unpaired) electrons. The molecule has 1 aliphatic carbocycles. The molecule has 0 saturated heterocycles. The number of rotatable bonds is 0. The van der Waals surface area contributed by atoms with Crippen molar-refractivity contribution in [1.29, 1.82) is 0 Å². The minimum Gasteiger partial charge on any atom is -0.127 e. The van der Waals surface area contributed by atoms with Crippen LogP contribution in [0.1, 0.15) is 6.42 Å². The lowest BCUT2D eigenvalue weighted by molar-refractivity contribution is 1.25. The first-order valence-corrected chi connectivity index (χ1v) is 7.81. The van der Waals surface area contributed by atoms with Gasteiger partial charge in [-0.3, -0.25) is 0 Å². The first kappa shape index (κ1) is 9.35. The average molecular weight is 175 g/mol. The Bertz CT molecular complexity index is 266. The standard InChI is InChI=1S/C11H15Si/c1-12(2,3)10-9-11-7-5-4-6-8-11/h5-8H,4H2,1-3H3. The van der Waals surface area contributed by atoms with E-state index in [0.29, 0.717) is 0 Å². The summed E-state index contributed by atoms with van der Waals surface area (Å²) in [6, 6.07) is 0. The van der Waals surface area contributed by atoms with Crippen molar-refractivity contribution >= 4 is 8.07 Å². The third kappa shape index (κ3) is 3.59. The van der Waals surface area contributed by atoms with E-state index in [-0.39, 0.29) is 0 Å². The zero-order chi connectivity index (χ0) is 9.03. The third-order valence-corrected chi connectivity index (χ3v) is 2.32. The lowest BCUT2D eigenvalue weighted by atomic mass is 10.1. The summed E-state index contributed by atoms with van der Waals surface area (Å²) in [6.45, 7) is 6.78. The fourth-order valence-corrected chi connectivity index (χ4v) is 1.39. The van der Waals surface area contributed by atoms with Gasteiger partial charge in [0.05, 0.1) is 0 Å². The highest BCUT2D eigenvalue weighted by molar-refractivity contribution is 6.83. The lowest BCUT2D eigenvalue weighted by Crippen LogP contribution is -2.16. The molecule has 1 rings (SSSR count). The molecular weight excluding hydrogens is 160 g/mol. The monoisotopic (exact) mass is 175 g/mol. The van der Waals surface area contributed by atoms with Gasteiger partial charge in [0.2, 0.25) is 0 Å². The van der Waals surface area contributed by atoms with E-state index in [4.69, 9.17) is 0 Å². The Morgan fingerprint density at radius 2 is 2.08 bits per heavy atom. The second kappa shape index (κ2) is 3.78. The molecule has 0 nitrogen and oxygen atoms in total. The molecule has 0 fully saturated rings. The van der Waals surface area contributed by atoms with Crippen molar-refractivity contribution < 1.29 is 0 Å². The molecular formula is C11H15Si. The second-order valence-corrected chi connectivity index (χ2v) is 8.75. The first-order valence-electron chi connectivity index (χ1n) is 4.31. The van der Waals surface area contributed by atoms with Crippen molar-refractivity contribution in [3.63, 3.8) is 0 Å². The van der Waals surface area contributed by atoms with Gasteiger partial charge in [0.1, 0.15) is 8.07 Å². The Hall–Kier alpha value is -0.743. The van der Waals surface area contributed by atoms with Crippen molar-refractivity contribution in [2.75, 3.05) is 0 Å². The minimum atomic E-state index is -1.19. The summed E-state index contributed by atoms with van der Waals surface area (Å²) in [4.78, 5) is 0. The predicted octanol–water partition coefficient (Wildman–Crippen LogP) is 2.96. The van der Waals surface area contributed by atoms with Gasteiger partial charge in [0.15, 0.2) is 0 Å². The zero-order valence-electron chi connectivity index (χ0n) is 8.02. The first-order chi connectivity index (χ1) is 5.58. The van der Waals surface area contributed by atoms with Crippen molar-refractivity contribution in [1.82, 2.24) is 0 Å². The summed E-state index contributed by atoms with van der Waals surface area (Å²) >= 11 is 0. The normalized spacial score (nSPS) is 16.4. The van der Waals surface area contributed by atoms with E-state index in [1.807, 2.05) is 0 Å². The Morgan fingerprint density at radius 1 is 1.33 bits per heavy atom. The van der Waals surface area contributed by atoms with E-state index in [0.717, 1.165) is 12.0 Å². The minimum absolute atomic E-state index is 1.05. The maximum absolute atomic E-state index is 3.34. The predicted molar refractivity (Wildman–Crippen MR) is 57.3 cm³/mol. The third-order valence-electron chi connectivity index (χ3n) is 1.45. The van der Waals surface area contributed by atoms with Crippen molar-refractivity contribution in [3.8, 4) is 11.5 Å². The van der Waals surface area contributed by atoms with Gasteiger partial charge in [0.25, 0.3) is 0 Å². The van der Waals surface area contributed by atoms with Crippen molar-refractivity contribution in [3.05, 3.63) is 30.2 Å². The molecule has 0 bridgehead atoms. The van der Waals surface area contributed by atoms with Gasteiger partial charge < -0.3 is 0 Å². The van der Waals surface area contributed by atoms with Crippen LogP contribution in [-0.2, 0) is 0 Å². The van der Waals surface area contributed by atoms with Crippen LogP contribution in [0.3, 0.4) is 0 Å². The van der Waals surface area contributed by atoms with Gasteiger partial charge in [0, 0.05) is 5.57 Å². The fraction of sp³-hybridized carbons (Fsp3) is 0.364. The van der Waals surface area contributed by atoms with Gasteiger partial charge in [-0.2, -0.15) is 0 Å². The Balaban J connectivity index is 2.65. The van der Waals surface area contributed by atoms with Gasteiger partial charge >= 0.3 is 0 Å². The number of allylic oxidation sites excluding steroid dienone is 4. The van der Waals surface area contributed by atoms with Gasteiger partial charge in [-0.25, -0.2) is 0 Å². The quantitative estimate of drug-likeness (QED) is 0.392. The van der Waals surface area contributed by atoms with Gasteiger partial charge in [-0.15, -0.1) is 5.54 Å². The SMILES string of the molecule is C[Si](C)(C)C#CC1=C[CH]CC=C1. The molecule has 0 aliphatic heterocycles. The van der Waals surface area contributed by atoms with E-state index in [1.54, 1.807) is 0 Å². The summed E-state index contributed by atoms with van der Waals surface area (Å²) in [5, 5.41) is 0. The largest absolute Gasteiger partial charge is 0.129 e. The Labute approximate surface area is 76.4 Å². The van der Waals surface area contributed by atoms with Crippen LogP contribution in [0.2, 0.25) is 19.6 Å². The highest BCUT2D eigenvalue weighted by atomic mass is 28.3. The van der Waals surface area contributed by atoms with E-state index in [9.17, 15) is 0 Å². The summed E-state index contributed by atoms with van der Waals surface area (Å²) in [6.07, 6.45) is 9.56. The highest BCUT2D eigenvalue weighted by Gasteiger charge is 2.07. The smallest absolute Gasteiger partial charge is 0.127 e. The van der Waals surface area contributed by atoms with Crippen LogP contribution in [0.25, 0.3) is 0 Å². The molecule has 0 aromatic heterocycles. The van der Waals surface area contributed by atoms with E-state index in [1.165, 1.54) is 0 Å². The van der Waals surface area contributed by atoms with Crippen LogP contribution < -0.4 is 0 Å². The van der Waals surface area contributed by atoms with Crippen LogP contribution in [0.4, 0.5) is 0 Å². The molecule has 0 unspecified atom stereocenters. The number of hydrogen-bond donors (Lipinski definition) is 0. The molecule has 0 amide bonds. The van der Waals surface area contributed by atoms with Crippen LogP contribution in [0.15, 0.2) is 23.8 Å². The Morgan fingerprint density at radius 3 is 2.58 bits per heavy atom. The fourth-order valence-electron chi connectivity index (χ4n) is 0.867. The van der Waals surface area contributed by atoms with Gasteiger partial charge in [-0.1, -0.05) is 43.8 Å². The lowest BCUT2D eigenvalue weighted by Gasteiger charge is -2.04. The highest BCUT2D eigenvalue weighted by Crippen LogP contribution is 2.08. The Kier molecular flexibility index (Phi) is 2.94. The topological polar surface area (TPSA) is 0 Å². The molecule has 0 aromatic rings. The van der Waals surface area contributed by atoms with Crippen LogP contribution >= 0.6 is 0 Å². The molecule has 0 aromatic carbocycles. The molecule has 1 aliphatic rings. The van der Waals surface area contributed by atoms with Crippen molar-refractivity contribution in [2.45, 2.75) is 26.1 Å². The summed E-state index contributed by atoms with van der Waals surface area (Å²) < 4.78 is 0. The van der Waals surface area contributed by atoms with E-state index < -0.39 is 8.07 Å². The summed E-state index contributed by atoms with van der Waals surface area (Å²) in [5.41, 5.74) is 4.50. The number of hydrogen-bond acceptors (Lipinski definition) is 0. The van der Waals surface area contributed by atoms with Gasteiger partial charge in [-0.05, 0) is 12.8 Å². The molecule has 0 N–H and O–H groups in total. The molecule has 0 saturated carbocycles. The van der Waals surface area contributed by atoms with Crippen LogP contribution in [0, 0.1) is 17.9 Å². The molecule has 0 spiro atoms. The van der Waals surface area contributed by atoms with Crippen molar-refractivity contribution in [2.24, 2.45) is 0 Å². The van der Waals surface area contributed by atoms with E-state index in [2.05, 4.69) is 55.8 Å². The second-order valence-electron chi connectivity index (χ2n) is 4.00. The molecule has 0 heterocycles. The molecule has 63 valence electrons. The maximum atomic E-state index is 3.34. The summed E-state index contributed by atoms with van der Waals surface area (Å²) in [5.74, 6) is 3.22. The van der Waals surface area contributed by atoms with Crippen LogP contribution in [0.5, 0.6) is 0 Å². The summed E-state index contributed by atoms with van der Waals surface area (Å²) in [7, 11) is -1.19. The van der Waals surface area contributed by atoms with Crippen LogP contribution in [-0.4, -0.2) is 8.07 Å². The maximum Gasteiger partial charge on any atom is 0.129 e. The molecule has 0 atom stereocenters. The average Bonchev–Trinajstić information content (AvgIpc) is 2.02. The molecule has 12 heavy (non-hydrogen) atoms. The van der Waals surface area contributed by atoms with E-state index >= 15 is 0 Å². The zero-order valence-corrected chi connectivity index (χ0v) is 9.02.